The van der Waals surface area contributed by atoms with Gasteiger partial charge in [0, 0.05) is 44.7 Å². The summed E-state index contributed by atoms with van der Waals surface area (Å²) in [6.07, 6.45) is 6.29. The zero-order chi connectivity index (χ0) is 17.8. The molecule has 2 aliphatic rings. The van der Waals surface area contributed by atoms with Crippen LogP contribution in [0.2, 0.25) is 0 Å². The third kappa shape index (κ3) is 4.31. The monoisotopic (exact) mass is 356 g/mol. The van der Waals surface area contributed by atoms with Crippen molar-refractivity contribution in [2.45, 2.75) is 39.0 Å². The van der Waals surface area contributed by atoms with E-state index < -0.39 is 0 Å². The van der Waals surface area contributed by atoms with E-state index in [9.17, 15) is 0 Å². The maximum atomic E-state index is 6.02. The molecule has 4 heterocycles. The van der Waals surface area contributed by atoms with Crippen molar-refractivity contribution in [1.82, 2.24) is 19.4 Å². The van der Waals surface area contributed by atoms with Gasteiger partial charge in [-0.15, -0.1) is 0 Å². The molecule has 4 rings (SSSR count). The number of rotatable bonds is 6. The zero-order valence-corrected chi connectivity index (χ0v) is 15.5. The number of aryl methyl sites for hydroxylation is 1. The van der Waals surface area contributed by atoms with Crippen LogP contribution in [-0.2, 0) is 22.6 Å². The number of hydrogen-bond donors (Lipinski definition) is 0. The molecule has 140 valence electrons. The van der Waals surface area contributed by atoms with E-state index in [4.69, 9.17) is 9.47 Å². The van der Waals surface area contributed by atoms with Crippen molar-refractivity contribution >= 4 is 0 Å². The van der Waals surface area contributed by atoms with Crippen molar-refractivity contribution in [3.05, 3.63) is 47.8 Å². The standard InChI is InChI=1S/C20H28N4O2/c1-16-3-2-4-18(22-16)13-26-14-20-12-23(10-17-5-7-25-8-6-17)11-19-9-21-15-24(19)20/h2-4,9,15,17,20H,5-8,10-14H2,1H3/t20-/m1/s1. The zero-order valence-electron chi connectivity index (χ0n) is 15.5. The third-order valence-corrected chi connectivity index (χ3v) is 5.36. The van der Waals surface area contributed by atoms with Gasteiger partial charge in [0.1, 0.15) is 0 Å². The molecule has 6 nitrogen and oxygen atoms in total. The first-order valence-corrected chi connectivity index (χ1v) is 9.59. The van der Waals surface area contributed by atoms with Gasteiger partial charge in [0.05, 0.1) is 37.0 Å². The molecule has 2 aromatic rings. The molecule has 1 fully saturated rings. The fraction of sp³-hybridized carbons (Fsp3) is 0.600. The summed E-state index contributed by atoms with van der Waals surface area (Å²) in [5.41, 5.74) is 3.31. The average molecular weight is 356 g/mol. The smallest absolute Gasteiger partial charge is 0.0952 e. The molecule has 0 N–H and O–H groups in total. The Hall–Kier alpha value is -1.76. The van der Waals surface area contributed by atoms with Crippen LogP contribution in [0.3, 0.4) is 0 Å². The van der Waals surface area contributed by atoms with E-state index >= 15 is 0 Å². The molecule has 2 aliphatic heterocycles. The lowest BCUT2D eigenvalue weighted by Gasteiger charge is -2.37. The number of imidazole rings is 1. The van der Waals surface area contributed by atoms with E-state index in [1.807, 2.05) is 37.6 Å². The summed E-state index contributed by atoms with van der Waals surface area (Å²) in [6.45, 7) is 8.21. The molecule has 0 radical (unpaired) electrons. The van der Waals surface area contributed by atoms with Crippen molar-refractivity contribution in [3.8, 4) is 0 Å². The quantitative estimate of drug-likeness (QED) is 0.796. The lowest BCUT2D eigenvalue weighted by Crippen LogP contribution is -2.41. The van der Waals surface area contributed by atoms with Gasteiger partial charge in [-0.3, -0.25) is 9.88 Å². The molecule has 2 aromatic heterocycles. The predicted molar refractivity (Wildman–Crippen MR) is 98.7 cm³/mol. The molecule has 0 amide bonds. The molecule has 0 aliphatic carbocycles. The van der Waals surface area contributed by atoms with Crippen molar-refractivity contribution < 1.29 is 9.47 Å². The first-order valence-electron chi connectivity index (χ1n) is 9.59. The number of hydrogen-bond acceptors (Lipinski definition) is 5. The summed E-state index contributed by atoms with van der Waals surface area (Å²) in [5, 5.41) is 0. The fourth-order valence-electron chi connectivity index (χ4n) is 4.01. The maximum Gasteiger partial charge on any atom is 0.0952 e. The Labute approximate surface area is 155 Å². The highest BCUT2D eigenvalue weighted by atomic mass is 16.5. The molecule has 0 saturated carbocycles. The van der Waals surface area contributed by atoms with Crippen LogP contribution < -0.4 is 0 Å². The summed E-state index contributed by atoms with van der Waals surface area (Å²) in [6, 6.07) is 6.38. The SMILES string of the molecule is Cc1cccc(COC[C@H]2CN(CC3CCOCC3)Cc3cncn32)n1. The van der Waals surface area contributed by atoms with Gasteiger partial charge in [0.2, 0.25) is 0 Å². The van der Waals surface area contributed by atoms with Gasteiger partial charge in [0.15, 0.2) is 0 Å². The minimum absolute atomic E-state index is 0.311. The lowest BCUT2D eigenvalue weighted by molar-refractivity contribution is 0.0309. The van der Waals surface area contributed by atoms with E-state index in [0.29, 0.717) is 19.3 Å². The van der Waals surface area contributed by atoms with Crippen molar-refractivity contribution in [1.29, 1.82) is 0 Å². The Bertz CT molecular complexity index is 711. The number of ether oxygens (including phenoxy) is 2. The highest BCUT2D eigenvalue weighted by molar-refractivity contribution is 5.09. The number of nitrogens with zero attached hydrogens (tertiary/aromatic N) is 4. The van der Waals surface area contributed by atoms with Gasteiger partial charge >= 0.3 is 0 Å². The van der Waals surface area contributed by atoms with Crippen LogP contribution >= 0.6 is 0 Å². The van der Waals surface area contributed by atoms with Crippen LogP contribution in [0.15, 0.2) is 30.7 Å². The predicted octanol–water partition coefficient (Wildman–Crippen LogP) is 2.59. The van der Waals surface area contributed by atoms with E-state index in [1.165, 1.54) is 18.5 Å². The van der Waals surface area contributed by atoms with Crippen LogP contribution in [0.5, 0.6) is 0 Å². The highest BCUT2D eigenvalue weighted by Crippen LogP contribution is 2.24. The molecular formula is C20H28N4O2. The van der Waals surface area contributed by atoms with Gasteiger partial charge in [-0.1, -0.05) is 6.07 Å². The van der Waals surface area contributed by atoms with E-state index in [-0.39, 0.29) is 0 Å². The molecule has 0 bridgehead atoms. The Morgan fingerprint density at radius 1 is 1.27 bits per heavy atom. The van der Waals surface area contributed by atoms with Gasteiger partial charge in [-0.2, -0.15) is 0 Å². The second-order valence-corrected chi connectivity index (χ2v) is 7.48. The second kappa shape index (κ2) is 8.29. The molecular weight excluding hydrogens is 328 g/mol. The third-order valence-electron chi connectivity index (χ3n) is 5.36. The van der Waals surface area contributed by atoms with Crippen LogP contribution in [0.1, 0.15) is 36.0 Å². The van der Waals surface area contributed by atoms with Gasteiger partial charge in [-0.05, 0) is 37.8 Å². The Morgan fingerprint density at radius 3 is 3.00 bits per heavy atom. The highest BCUT2D eigenvalue weighted by Gasteiger charge is 2.27. The minimum atomic E-state index is 0.311. The Morgan fingerprint density at radius 2 is 2.15 bits per heavy atom. The van der Waals surface area contributed by atoms with Crippen molar-refractivity contribution in [2.75, 3.05) is 32.9 Å². The normalized spacial score (nSPS) is 21.7. The molecule has 0 unspecified atom stereocenters. The number of aromatic nitrogens is 3. The molecule has 1 atom stereocenters. The van der Waals surface area contributed by atoms with Gasteiger partial charge in [-0.25, -0.2) is 4.98 Å². The van der Waals surface area contributed by atoms with E-state index in [0.717, 1.165) is 50.2 Å². The van der Waals surface area contributed by atoms with Crippen molar-refractivity contribution in [3.63, 3.8) is 0 Å². The van der Waals surface area contributed by atoms with Gasteiger partial charge in [0.25, 0.3) is 0 Å². The summed E-state index contributed by atoms with van der Waals surface area (Å²) in [5.74, 6) is 0.747. The summed E-state index contributed by atoms with van der Waals surface area (Å²) < 4.78 is 13.8. The van der Waals surface area contributed by atoms with E-state index in [1.54, 1.807) is 0 Å². The molecule has 6 heteroatoms. The second-order valence-electron chi connectivity index (χ2n) is 7.48. The average Bonchev–Trinajstić information content (AvgIpc) is 3.11. The van der Waals surface area contributed by atoms with Gasteiger partial charge < -0.3 is 14.0 Å². The molecule has 1 saturated heterocycles. The first kappa shape index (κ1) is 17.6. The van der Waals surface area contributed by atoms with Crippen LogP contribution in [0.25, 0.3) is 0 Å². The van der Waals surface area contributed by atoms with Crippen LogP contribution in [0.4, 0.5) is 0 Å². The number of pyridine rings is 1. The summed E-state index contributed by atoms with van der Waals surface area (Å²) in [4.78, 5) is 11.4. The van der Waals surface area contributed by atoms with Crippen LogP contribution in [-0.4, -0.2) is 52.3 Å². The molecule has 26 heavy (non-hydrogen) atoms. The van der Waals surface area contributed by atoms with E-state index in [2.05, 4.69) is 19.4 Å². The van der Waals surface area contributed by atoms with Crippen LogP contribution in [0, 0.1) is 12.8 Å². The minimum Gasteiger partial charge on any atom is -0.381 e. The Balaban J connectivity index is 1.35. The molecule has 0 spiro atoms. The first-order chi connectivity index (χ1) is 12.8. The fourth-order valence-corrected chi connectivity index (χ4v) is 4.01. The lowest BCUT2D eigenvalue weighted by atomic mass is 9.99. The maximum absolute atomic E-state index is 6.02. The largest absolute Gasteiger partial charge is 0.381 e. The summed E-state index contributed by atoms with van der Waals surface area (Å²) in [7, 11) is 0. The Kier molecular flexibility index (Phi) is 5.62. The summed E-state index contributed by atoms with van der Waals surface area (Å²) >= 11 is 0. The molecule has 0 aromatic carbocycles. The number of fused-ring (bicyclic) bond motifs is 1. The van der Waals surface area contributed by atoms with Crippen molar-refractivity contribution in [2.24, 2.45) is 5.92 Å². The topological polar surface area (TPSA) is 52.4 Å².